The number of rotatable bonds is 3. The quantitative estimate of drug-likeness (QED) is 0.941. The van der Waals surface area contributed by atoms with Crippen molar-refractivity contribution in [2.75, 3.05) is 12.4 Å². The molecule has 0 aliphatic carbocycles. The first-order valence-electron chi connectivity index (χ1n) is 5.48. The SMILES string of the molecule is COc1cc(Br)cc(Nc2nc(C)cc(C#N)n2)c1. The third kappa shape index (κ3) is 3.42. The molecular weight excluding hydrogens is 308 g/mol. The predicted molar refractivity (Wildman–Crippen MR) is 75.5 cm³/mol. The molecule has 0 radical (unpaired) electrons. The zero-order chi connectivity index (χ0) is 13.8. The van der Waals surface area contributed by atoms with E-state index in [-0.39, 0.29) is 0 Å². The van der Waals surface area contributed by atoms with Crippen molar-refractivity contribution < 1.29 is 4.74 Å². The molecule has 96 valence electrons. The van der Waals surface area contributed by atoms with Gasteiger partial charge in [-0.15, -0.1) is 0 Å². The highest BCUT2D eigenvalue weighted by molar-refractivity contribution is 9.10. The van der Waals surface area contributed by atoms with Crippen LogP contribution in [0.2, 0.25) is 0 Å². The van der Waals surface area contributed by atoms with Crippen LogP contribution in [0.3, 0.4) is 0 Å². The molecule has 0 aliphatic rings. The second kappa shape index (κ2) is 5.67. The van der Waals surface area contributed by atoms with Gasteiger partial charge in [0.15, 0.2) is 0 Å². The summed E-state index contributed by atoms with van der Waals surface area (Å²) >= 11 is 3.40. The number of nitrogens with one attached hydrogen (secondary N) is 1. The Hall–Kier alpha value is -2.13. The lowest BCUT2D eigenvalue weighted by molar-refractivity contribution is 0.415. The van der Waals surface area contributed by atoms with Crippen LogP contribution >= 0.6 is 15.9 Å². The van der Waals surface area contributed by atoms with Gasteiger partial charge in [-0.1, -0.05) is 15.9 Å². The van der Waals surface area contributed by atoms with E-state index >= 15 is 0 Å². The fourth-order valence-corrected chi connectivity index (χ4v) is 2.04. The first-order valence-corrected chi connectivity index (χ1v) is 6.27. The van der Waals surface area contributed by atoms with Crippen LogP contribution in [0.4, 0.5) is 11.6 Å². The summed E-state index contributed by atoms with van der Waals surface area (Å²) in [5.74, 6) is 1.10. The lowest BCUT2D eigenvalue weighted by Gasteiger charge is -2.08. The van der Waals surface area contributed by atoms with E-state index in [1.807, 2.05) is 31.2 Å². The number of ether oxygens (including phenoxy) is 1. The molecule has 1 heterocycles. The molecule has 19 heavy (non-hydrogen) atoms. The van der Waals surface area contributed by atoms with Gasteiger partial charge in [-0.3, -0.25) is 0 Å². The molecule has 0 aliphatic heterocycles. The largest absolute Gasteiger partial charge is 0.497 e. The first kappa shape index (κ1) is 13.3. The molecule has 0 unspecified atom stereocenters. The molecule has 1 aromatic carbocycles. The molecule has 0 saturated heterocycles. The Morgan fingerprint density at radius 2 is 2.05 bits per heavy atom. The minimum atomic E-state index is 0.331. The lowest BCUT2D eigenvalue weighted by Crippen LogP contribution is -2.00. The van der Waals surface area contributed by atoms with E-state index in [2.05, 4.69) is 31.2 Å². The van der Waals surface area contributed by atoms with E-state index in [0.717, 1.165) is 15.9 Å². The van der Waals surface area contributed by atoms with E-state index in [4.69, 9.17) is 10.00 Å². The lowest BCUT2D eigenvalue weighted by atomic mass is 10.3. The number of aromatic nitrogens is 2. The van der Waals surface area contributed by atoms with Gasteiger partial charge in [-0.2, -0.15) is 5.26 Å². The number of methoxy groups -OCH3 is 1. The first-order chi connectivity index (χ1) is 9.10. The van der Waals surface area contributed by atoms with E-state index in [1.165, 1.54) is 0 Å². The van der Waals surface area contributed by atoms with Crippen LogP contribution in [-0.4, -0.2) is 17.1 Å². The zero-order valence-electron chi connectivity index (χ0n) is 10.4. The van der Waals surface area contributed by atoms with Gasteiger partial charge in [0.05, 0.1) is 7.11 Å². The fraction of sp³-hybridized carbons (Fsp3) is 0.154. The summed E-state index contributed by atoms with van der Waals surface area (Å²) in [5, 5.41) is 11.9. The van der Waals surface area contributed by atoms with Crippen LogP contribution in [0.15, 0.2) is 28.7 Å². The van der Waals surface area contributed by atoms with Crippen LogP contribution in [0.1, 0.15) is 11.4 Å². The fourth-order valence-electron chi connectivity index (χ4n) is 1.56. The van der Waals surface area contributed by atoms with Gasteiger partial charge in [0.1, 0.15) is 17.5 Å². The number of hydrogen-bond donors (Lipinski definition) is 1. The third-order valence-electron chi connectivity index (χ3n) is 2.33. The number of nitrogens with zero attached hydrogens (tertiary/aromatic N) is 3. The number of halogens is 1. The Labute approximate surface area is 119 Å². The minimum absolute atomic E-state index is 0.331. The summed E-state index contributed by atoms with van der Waals surface area (Å²) in [7, 11) is 1.60. The number of nitriles is 1. The van der Waals surface area contributed by atoms with Crippen molar-refractivity contribution >= 4 is 27.6 Å². The third-order valence-corrected chi connectivity index (χ3v) is 2.79. The highest BCUT2D eigenvalue weighted by Crippen LogP contribution is 2.26. The van der Waals surface area contributed by atoms with Gasteiger partial charge in [-0.05, 0) is 25.1 Å². The van der Waals surface area contributed by atoms with Crippen LogP contribution in [0.5, 0.6) is 5.75 Å². The number of hydrogen-bond acceptors (Lipinski definition) is 5. The van der Waals surface area contributed by atoms with Gasteiger partial charge in [0.25, 0.3) is 0 Å². The monoisotopic (exact) mass is 318 g/mol. The predicted octanol–water partition coefficient (Wildman–Crippen LogP) is 3.17. The maximum Gasteiger partial charge on any atom is 0.228 e. The molecule has 0 amide bonds. The number of benzene rings is 1. The Morgan fingerprint density at radius 3 is 2.74 bits per heavy atom. The van der Waals surface area contributed by atoms with Crippen molar-refractivity contribution in [3.8, 4) is 11.8 Å². The molecule has 1 N–H and O–H groups in total. The summed E-state index contributed by atoms with van der Waals surface area (Å²) < 4.78 is 6.06. The van der Waals surface area contributed by atoms with E-state index in [1.54, 1.807) is 13.2 Å². The van der Waals surface area contributed by atoms with Crippen molar-refractivity contribution in [1.82, 2.24) is 9.97 Å². The second-order valence-electron chi connectivity index (χ2n) is 3.83. The molecule has 0 saturated carbocycles. The summed E-state index contributed by atoms with van der Waals surface area (Å²) in [6.45, 7) is 1.81. The summed E-state index contributed by atoms with van der Waals surface area (Å²) in [6.07, 6.45) is 0. The normalized spacial score (nSPS) is 9.79. The molecule has 5 nitrogen and oxygen atoms in total. The molecule has 1 aromatic heterocycles. The number of aryl methyl sites for hydroxylation is 1. The van der Waals surface area contributed by atoms with Crippen molar-refractivity contribution in [2.24, 2.45) is 0 Å². The Kier molecular flexibility index (Phi) is 3.97. The van der Waals surface area contributed by atoms with Gasteiger partial charge in [-0.25, -0.2) is 9.97 Å². The van der Waals surface area contributed by atoms with Gasteiger partial charge < -0.3 is 10.1 Å². The molecule has 0 atom stereocenters. The highest BCUT2D eigenvalue weighted by Gasteiger charge is 2.04. The Morgan fingerprint density at radius 1 is 1.26 bits per heavy atom. The zero-order valence-corrected chi connectivity index (χ0v) is 12.0. The van der Waals surface area contributed by atoms with E-state index in [0.29, 0.717) is 17.4 Å². The Balaban J connectivity index is 2.33. The molecule has 2 aromatic rings. The van der Waals surface area contributed by atoms with Crippen molar-refractivity contribution in [2.45, 2.75) is 6.92 Å². The average Bonchev–Trinajstić information content (AvgIpc) is 2.37. The Bertz CT molecular complexity index is 652. The topological polar surface area (TPSA) is 70.8 Å². The maximum atomic E-state index is 8.88. The van der Waals surface area contributed by atoms with Crippen LogP contribution in [0.25, 0.3) is 0 Å². The smallest absolute Gasteiger partial charge is 0.228 e. The maximum absolute atomic E-state index is 8.88. The van der Waals surface area contributed by atoms with Crippen molar-refractivity contribution in [3.05, 3.63) is 40.1 Å². The molecule has 0 spiro atoms. The summed E-state index contributed by atoms with van der Waals surface area (Å²) in [6, 6.07) is 9.18. The van der Waals surface area contributed by atoms with Crippen LogP contribution in [-0.2, 0) is 0 Å². The van der Waals surface area contributed by atoms with Crippen LogP contribution < -0.4 is 10.1 Å². The summed E-state index contributed by atoms with van der Waals surface area (Å²) in [4.78, 5) is 8.33. The van der Waals surface area contributed by atoms with Crippen molar-refractivity contribution in [1.29, 1.82) is 5.26 Å². The minimum Gasteiger partial charge on any atom is -0.497 e. The molecule has 0 fully saturated rings. The molecule has 0 bridgehead atoms. The standard InChI is InChI=1S/C13H11BrN4O/c1-8-3-11(7-15)18-13(16-8)17-10-4-9(14)5-12(6-10)19-2/h3-6H,1-2H3,(H,16,17,18). The van der Waals surface area contributed by atoms with E-state index < -0.39 is 0 Å². The van der Waals surface area contributed by atoms with E-state index in [9.17, 15) is 0 Å². The average molecular weight is 319 g/mol. The second-order valence-corrected chi connectivity index (χ2v) is 4.75. The highest BCUT2D eigenvalue weighted by atomic mass is 79.9. The molecular formula is C13H11BrN4O. The van der Waals surface area contributed by atoms with Gasteiger partial charge >= 0.3 is 0 Å². The summed E-state index contributed by atoms with van der Waals surface area (Å²) in [5.41, 5.74) is 1.84. The van der Waals surface area contributed by atoms with Crippen molar-refractivity contribution in [3.63, 3.8) is 0 Å². The number of anilines is 2. The van der Waals surface area contributed by atoms with Crippen LogP contribution in [0, 0.1) is 18.3 Å². The van der Waals surface area contributed by atoms with Gasteiger partial charge in [0, 0.05) is 21.9 Å². The molecule has 6 heteroatoms. The van der Waals surface area contributed by atoms with Gasteiger partial charge in [0.2, 0.25) is 5.95 Å². The molecule has 2 rings (SSSR count).